The number of likely N-dealkylation sites (tertiary alicyclic amines) is 1. The van der Waals surface area contributed by atoms with Crippen LogP contribution >= 0.6 is 0 Å². The van der Waals surface area contributed by atoms with E-state index in [1.54, 1.807) is 20.8 Å². The highest BCUT2D eigenvalue weighted by Crippen LogP contribution is 2.25. The molecule has 0 N–H and O–H groups in total. The van der Waals surface area contributed by atoms with Gasteiger partial charge in [-0.2, -0.15) is 0 Å². The molecule has 8 heteroatoms. The number of ether oxygens (including phenoxy) is 3. The normalized spacial score (nSPS) is 20.7. The first-order chi connectivity index (χ1) is 10.7. The number of carbonyl (C=O) groups is 3. The Kier molecular flexibility index (Phi) is 8.74. The van der Waals surface area contributed by atoms with Gasteiger partial charge in [0.2, 0.25) is 0 Å². The van der Waals surface area contributed by atoms with Gasteiger partial charge in [0.05, 0.1) is 13.7 Å². The molecule has 0 saturated carbocycles. The highest BCUT2D eigenvalue weighted by atomic mass is 19.1. The van der Waals surface area contributed by atoms with Crippen LogP contribution in [0.15, 0.2) is 0 Å². The van der Waals surface area contributed by atoms with Gasteiger partial charge in [0.25, 0.3) is 5.91 Å². The van der Waals surface area contributed by atoms with Crippen LogP contribution in [0.3, 0.4) is 0 Å². The lowest BCUT2D eigenvalue weighted by Gasteiger charge is -2.26. The molecule has 7 nitrogen and oxygen atoms in total. The van der Waals surface area contributed by atoms with Gasteiger partial charge in [0, 0.05) is 6.42 Å². The summed E-state index contributed by atoms with van der Waals surface area (Å²) in [5.41, 5.74) is -0.823. The second-order valence-electron chi connectivity index (χ2n) is 5.51. The third kappa shape index (κ3) is 6.13. The molecule has 2 amide bonds. The van der Waals surface area contributed by atoms with E-state index in [0.717, 1.165) is 7.11 Å². The molecule has 134 valence electrons. The van der Waals surface area contributed by atoms with Gasteiger partial charge in [-0.05, 0) is 20.8 Å². The van der Waals surface area contributed by atoms with Crippen molar-refractivity contribution in [2.45, 2.75) is 58.8 Å². The highest BCUT2D eigenvalue weighted by Gasteiger charge is 2.49. The van der Waals surface area contributed by atoms with Gasteiger partial charge in [0.15, 0.2) is 0 Å². The van der Waals surface area contributed by atoms with Crippen LogP contribution in [0, 0.1) is 0 Å². The molecular formula is C15H26FNO6. The molecule has 0 spiro atoms. The van der Waals surface area contributed by atoms with Crippen LogP contribution in [0.4, 0.5) is 9.18 Å². The Balaban J connectivity index is 0.00000232. The standard InChI is InChI=1S/C13H20FNO6.C2H6/c1-13(2,3)21-12(18)15-8(11(17)19-4)7-9(10(15)16)20-6-5-14;1-2/h8-9H,5-7H2,1-4H3;1-2H3. The van der Waals surface area contributed by atoms with Crippen LogP contribution in [0.2, 0.25) is 0 Å². The number of carbonyl (C=O) groups excluding carboxylic acids is 3. The smallest absolute Gasteiger partial charge is 0.417 e. The molecule has 1 fully saturated rings. The zero-order chi connectivity index (χ0) is 18.2. The predicted octanol–water partition coefficient (Wildman–Crippen LogP) is 2.08. The fourth-order valence-electron chi connectivity index (χ4n) is 1.91. The molecule has 2 atom stereocenters. The Morgan fingerprint density at radius 1 is 1.30 bits per heavy atom. The zero-order valence-corrected chi connectivity index (χ0v) is 14.6. The maximum absolute atomic E-state index is 12.1. The van der Waals surface area contributed by atoms with Crippen molar-refractivity contribution in [1.29, 1.82) is 0 Å². The second-order valence-corrected chi connectivity index (χ2v) is 5.51. The average Bonchev–Trinajstić information content (AvgIpc) is 2.81. The number of hydrogen-bond acceptors (Lipinski definition) is 6. The number of alkyl halides is 1. The molecule has 0 aliphatic carbocycles. The number of rotatable bonds is 4. The Bertz CT molecular complexity index is 421. The largest absolute Gasteiger partial charge is 0.467 e. The molecule has 23 heavy (non-hydrogen) atoms. The minimum absolute atomic E-state index is 0.0786. The van der Waals surface area contributed by atoms with Gasteiger partial charge in [0.1, 0.15) is 24.4 Å². The second kappa shape index (κ2) is 9.44. The van der Waals surface area contributed by atoms with Crippen molar-refractivity contribution in [2.75, 3.05) is 20.4 Å². The predicted molar refractivity (Wildman–Crippen MR) is 80.6 cm³/mol. The molecule has 1 aliphatic rings. The summed E-state index contributed by atoms with van der Waals surface area (Å²) < 4.78 is 26.8. The summed E-state index contributed by atoms with van der Waals surface area (Å²) in [6.07, 6.45) is -2.09. The molecule has 0 aromatic carbocycles. The Morgan fingerprint density at radius 2 is 1.87 bits per heavy atom. The van der Waals surface area contributed by atoms with Crippen molar-refractivity contribution < 1.29 is 33.0 Å². The number of imide groups is 1. The first-order valence-corrected chi connectivity index (χ1v) is 7.52. The van der Waals surface area contributed by atoms with E-state index in [9.17, 15) is 18.8 Å². The maximum Gasteiger partial charge on any atom is 0.417 e. The lowest BCUT2D eigenvalue weighted by molar-refractivity contribution is -0.149. The summed E-state index contributed by atoms with van der Waals surface area (Å²) in [6, 6.07) is -1.12. The highest BCUT2D eigenvalue weighted by molar-refractivity contribution is 6.01. The van der Waals surface area contributed by atoms with E-state index in [4.69, 9.17) is 9.47 Å². The molecule has 0 aromatic rings. The molecule has 0 radical (unpaired) electrons. The molecule has 1 aliphatic heterocycles. The minimum atomic E-state index is -1.12. The lowest BCUT2D eigenvalue weighted by Crippen LogP contribution is -2.46. The minimum Gasteiger partial charge on any atom is -0.467 e. The first-order valence-electron chi connectivity index (χ1n) is 7.52. The van der Waals surface area contributed by atoms with Crippen molar-refractivity contribution in [3.63, 3.8) is 0 Å². The number of hydrogen-bond donors (Lipinski definition) is 0. The van der Waals surface area contributed by atoms with Gasteiger partial charge in [-0.3, -0.25) is 4.79 Å². The lowest BCUT2D eigenvalue weighted by atomic mass is 10.2. The van der Waals surface area contributed by atoms with Crippen LogP contribution in [0.5, 0.6) is 0 Å². The average molecular weight is 335 g/mol. The maximum atomic E-state index is 12.1. The van der Waals surface area contributed by atoms with E-state index < -0.39 is 42.4 Å². The van der Waals surface area contributed by atoms with E-state index in [1.165, 1.54) is 0 Å². The van der Waals surface area contributed by atoms with Crippen molar-refractivity contribution in [3.05, 3.63) is 0 Å². The number of halogens is 1. The van der Waals surface area contributed by atoms with Gasteiger partial charge in [-0.25, -0.2) is 18.9 Å². The molecule has 0 aromatic heterocycles. The fourth-order valence-corrected chi connectivity index (χ4v) is 1.91. The van der Waals surface area contributed by atoms with Gasteiger partial charge in [-0.1, -0.05) is 13.8 Å². The monoisotopic (exact) mass is 335 g/mol. The number of methoxy groups -OCH3 is 1. The summed E-state index contributed by atoms with van der Waals surface area (Å²) in [7, 11) is 1.15. The Hall–Kier alpha value is -1.70. The first kappa shape index (κ1) is 21.3. The number of amides is 2. The summed E-state index contributed by atoms with van der Waals surface area (Å²) in [5.74, 6) is -1.48. The SMILES string of the molecule is CC.COC(=O)C1CC(OCCF)C(=O)N1C(=O)OC(C)(C)C. The quantitative estimate of drug-likeness (QED) is 0.732. The van der Waals surface area contributed by atoms with E-state index in [0.29, 0.717) is 4.90 Å². The summed E-state index contributed by atoms with van der Waals surface area (Å²) in [5, 5.41) is 0. The van der Waals surface area contributed by atoms with E-state index in [2.05, 4.69) is 4.74 Å². The van der Waals surface area contributed by atoms with E-state index >= 15 is 0 Å². The van der Waals surface area contributed by atoms with Crippen LogP contribution in [0.1, 0.15) is 41.0 Å². The third-order valence-corrected chi connectivity index (χ3v) is 2.72. The van der Waals surface area contributed by atoms with Gasteiger partial charge in [-0.15, -0.1) is 0 Å². The van der Waals surface area contributed by atoms with Crippen LogP contribution in [0.25, 0.3) is 0 Å². The summed E-state index contributed by atoms with van der Waals surface area (Å²) >= 11 is 0. The Morgan fingerprint density at radius 3 is 2.30 bits per heavy atom. The van der Waals surface area contributed by atoms with Crippen LogP contribution in [-0.4, -0.2) is 61.0 Å². The van der Waals surface area contributed by atoms with Gasteiger partial charge >= 0.3 is 12.1 Å². The van der Waals surface area contributed by atoms with Gasteiger partial charge < -0.3 is 14.2 Å². The van der Waals surface area contributed by atoms with Crippen molar-refractivity contribution in [1.82, 2.24) is 4.90 Å². The van der Waals surface area contributed by atoms with E-state index in [-0.39, 0.29) is 13.0 Å². The molecule has 2 unspecified atom stereocenters. The number of nitrogens with zero attached hydrogens (tertiary/aromatic N) is 1. The molecule has 0 bridgehead atoms. The fraction of sp³-hybridized carbons (Fsp3) is 0.800. The van der Waals surface area contributed by atoms with Crippen molar-refractivity contribution >= 4 is 18.0 Å². The molecular weight excluding hydrogens is 309 g/mol. The van der Waals surface area contributed by atoms with Crippen molar-refractivity contribution in [3.8, 4) is 0 Å². The number of esters is 1. The Labute approximate surface area is 136 Å². The van der Waals surface area contributed by atoms with Crippen LogP contribution in [-0.2, 0) is 23.8 Å². The van der Waals surface area contributed by atoms with Crippen molar-refractivity contribution in [2.24, 2.45) is 0 Å². The molecule has 1 saturated heterocycles. The summed E-state index contributed by atoms with van der Waals surface area (Å²) in [4.78, 5) is 36.6. The van der Waals surface area contributed by atoms with E-state index in [1.807, 2.05) is 13.8 Å². The summed E-state index contributed by atoms with van der Waals surface area (Å²) in [6.45, 7) is 7.85. The van der Waals surface area contributed by atoms with Crippen LogP contribution < -0.4 is 0 Å². The third-order valence-electron chi connectivity index (χ3n) is 2.72. The zero-order valence-electron chi connectivity index (χ0n) is 14.6. The topological polar surface area (TPSA) is 82.1 Å². The molecule has 1 rings (SSSR count). The molecule has 1 heterocycles.